The van der Waals surface area contributed by atoms with Gasteiger partial charge in [0.1, 0.15) is 0 Å². The maximum atomic E-state index is 12.2. The predicted octanol–water partition coefficient (Wildman–Crippen LogP) is 2.65. The van der Waals surface area contributed by atoms with E-state index in [0.29, 0.717) is 17.4 Å². The summed E-state index contributed by atoms with van der Waals surface area (Å²) in [5, 5.41) is 11.8. The van der Waals surface area contributed by atoms with Gasteiger partial charge in [-0.1, -0.05) is 24.8 Å². The van der Waals surface area contributed by atoms with Gasteiger partial charge in [-0.05, 0) is 49.3 Å². The van der Waals surface area contributed by atoms with Crippen molar-refractivity contribution in [2.75, 3.05) is 13.2 Å². The number of amides is 1. The lowest BCUT2D eigenvalue weighted by Crippen LogP contribution is -2.30. The van der Waals surface area contributed by atoms with Crippen LogP contribution in [0.5, 0.6) is 0 Å². The molecule has 0 atom stereocenters. The second-order valence-electron chi connectivity index (χ2n) is 5.84. The van der Waals surface area contributed by atoms with E-state index in [1.807, 2.05) is 25.1 Å². The van der Waals surface area contributed by atoms with Crippen LogP contribution in [-0.4, -0.2) is 24.2 Å². The van der Waals surface area contributed by atoms with Crippen LogP contribution in [0.2, 0.25) is 0 Å². The molecule has 1 saturated carbocycles. The van der Waals surface area contributed by atoms with E-state index >= 15 is 0 Å². The molecule has 0 saturated heterocycles. The average molecular weight is 285 g/mol. The third-order valence-electron chi connectivity index (χ3n) is 4.29. The zero-order valence-electron chi connectivity index (χ0n) is 12.8. The van der Waals surface area contributed by atoms with Crippen molar-refractivity contribution in [1.29, 1.82) is 0 Å². The number of aliphatic hydroxyl groups is 1. The molecule has 1 aliphatic rings. The largest absolute Gasteiger partial charge is 0.395 e. The maximum Gasteiger partial charge on any atom is 0.251 e. The number of benzene rings is 1. The van der Waals surface area contributed by atoms with Crippen LogP contribution >= 0.6 is 0 Å². The van der Waals surface area contributed by atoms with Gasteiger partial charge in [0.15, 0.2) is 0 Å². The number of hydrogen-bond acceptors (Lipinski definition) is 2. The maximum absolute atomic E-state index is 12.2. The molecule has 1 amide bonds. The Bertz CT molecular complexity index is 577. The first kappa shape index (κ1) is 15.6. The number of aryl methyl sites for hydroxylation is 1. The van der Waals surface area contributed by atoms with Gasteiger partial charge in [0.2, 0.25) is 0 Å². The smallest absolute Gasteiger partial charge is 0.251 e. The molecule has 1 aromatic rings. The molecule has 0 aromatic heterocycles. The normalized spacial score (nSPS) is 15.0. The molecule has 1 aliphatic carbocycles. The Morgan fingerprint density at radius 3 is 2.81 bits per heavy atom. The van der Waals surface area contributed by atoms with Gasteiger partial charge in [-0.15, -0.1) is 0 Å². The Kier molecular flexibility index (Phi) is 5.03. The molecule has 0 unspecified atom stereocenters. The zero-order valence-corrected chi connectivity index (χ0v) is 12.8. The summed E-state index contributed by atoms with van der Waals surface area (Å²) in [4.78, 5) is 12.2. The summed E-state index contributed by atoms with van der Waals surface area (Å²) in [6.07, 6.45) is 4.01. The van der Waals surface area contributed by atoms with Gasteiger partial charge in [-0.2, -0.15) is 0 Å². The minimum absolute atomic E-state index is 0.0278. The summed E-state index contributed by atoms with van der Waals surface area (Å²) in [6, 6.07) is 5.60. The third-order valence-corrected chi connectivity index (χ3v) is 4.29. The quantitative estimate of drug-likeness (QED) is 0.817. The lowest BCUT2D eigenvalue weighted by atomic mass is 10.0. The summed E-state index contributed by atoms with van der Waals surface area (Å²) < 4.78 is 0. The summed E-state index contributed by atoms with van der Waals surface area (Å²) in [5.74, 6) is 5.89. The van der Waals surface area contributed by atoms with Gasteiger partial charge in [-0.25, -0.2) is 0 Å². The SMILES string of the molecule is CCC1(CNC(=O)c2ccc(C)c(C#CCCO)c2)CC1. The first-order chi connectivity index (χ1) is 10.1. The van der Waals surface area contributed by atoms with E-state index in [-0.39, 0.29) is 12.5 Å². The minimum Gasteiger partial charge on any atom is -0.395 e. The standard InChI is InChI=1S/C18H23NO2/c1-3-18(9-10-18)13-19-17(21)16-8-7-14(2)15(12-16)6-4-5-11-20/h7-8,12,20H,3,5,9-11,13H2,1-2H3,(H,19,21). The molecule has 2 rings (SSSR count). The van der Waals surface area contributed by atoms with E-state index in [1.165, 1.54) is 12.8 Å². The van der Waals surface area contributed by atoms with E-state index in [2.05, 4.69) is 24.1 Å². The number of rotatable bonds is 5. The summed E-state index contributed by atoms with van der Waals surface area (Å²) in [7, 11) is 0. The van der Waals surface area contributed by atoms with Gasteiger partial charge < -0.3 is 10.4 Å². The molecule has 0 spiro atoms. The zero-order chi connectivity index (χ0) is 15.3. The van der Waals surface area contributed by atoms with Crippen molar-refractivity contribution in [2.45, 2.75) is 39.5 Å². The lowest BCUT2D eigenvalue weighted by Gasteiger charge is -2.13. The van der Waals surface area contributed by atoms with Crippen molar-refractivity contribution in [3.63, 3.8) is 0 Å². The van der Waals surface area contributed by atoms with E-state index < -0.39 is 0 Å². The van der Waals surface area contributed by atoms with Gasteiger partial charge >= 0.3 is 0 Å². The Labute approximate surface area is 126 Å². The monoisotopic (exact) mass is 285 g/mol. The van der Waals surface area contributed by atoms with Crippen molar-refractivity contribution < 1.29 is 9.90 Å². The molecule has 2 N–H and O–H groups in total. The molecule has 1 aromatic carbocycles. The van der Waals surface area contributed by atoms with E-state index in [1.54, 1.807) is 0 Å². The highest BCUT2D eigenvalue weighted by molar-refractivity contribution is 5.94. The predicted molar refractivity (Wildman–Crippen MR) is 84.1 cm³/mol. The molecule has 0 heterocycles. The van der Waals surface area contributed by atoms with Gasteiger partial charge in [0, 0.05) is 24.1 Å². The van der Waals surface area contributed by atoms with Crippen molar-refractivity contribution in [3.05, 3.63) is 34.9 Å². The van der Waals surface area contributed by atoms with Gasteiger partial charge in [0.25, 0.3) is 5.91 Å². The second-order valence-corrected chi connectivity index (χ2v) is 5.84. The van der Waals surface area contributed by atoms with Crippen molar-refractivity contribution in [2.24, 2.45) is 5.41 Å². The Morgan fingerprint density at radius 2 is 2.19 bits per heavy atom. The highest BCUT2D eigenvalue weighted by Crippen LogP contribution is 2.47. The molecule has 0 bridgehead atoms. The molecule has 0 aliphatic heterocycles. The highest BCUT2D eigenvalue weighted by Gasteiger charge is 2.40. The number of carbonyl (C=O) groups is 1. The van der Waals surface area contributed by atoms with Crippen molar-refractivity contribution >= 4 is 5.91 Å². The fraction of sp³-hybridized carbons (Fsp3) is 0.500. The van der Waals surface area contributed by atoms with Crippen molar-refractivity contribution in [1.82, 2.24) is 5.32 Å². The molecule has 3 heteroatoms. The van der Waals surface area contributed by atoms with E-state index in [4.69, 9.17) is 5.11 Å². The summed E-state index contributed by atoms with van der Waals surface area (Å²) in [5.41, 5.74) is 2.90. The Hall–Kier alpha value is -1.79. The Balaban J connectivity index is 2.04. The fourth-order valence-corrected chi connectivity index (χ4v) is 2.31. The van der Waals surface area contributed by atoms with Crippen LogP contribution in [0.25, 0.3) is 0 Å². The topological polar surface area (TPSA) is 49.3 Å². The van der Waals surface area contributed by atoms with Crippen LogP contribution in [0.15, 0.2) is 18.2 Å². The number of carbonyl (C=O) groups excluding carboxylic acids is 1. The molecular weight excluding hydrogens is 262 g/mol. The van der Waals surface area contributed by atoms with Crippen LogP contribution in [0, 0.1) is 24.2 Å². The van der Waals surface area contributed by atoms with E-state index in [9.17, 15) is 4.79 Å². The summed E-state index contributed by atoms with van der Waals surface area (Å²) in [6.45, 7) is 4.98. The lowest BCUT2D eigenvalue weighted by molar-refractivity contribution is 0.0944. The van der Waals surface area contributed by atoms with Crippen molar-refractivity contribution in [3.8, 4) is 11.8 Å². The number of hydrogen-bond donors (Lipinski definition) is 2. The van der Waals surface area contributed by atoms with Crippen LogP contribution in [-0.2, 0) is 0 Å². The molecule has 3 nitrogen and oxygen atoms in total. The number of aliphatic hydroxyl groups excluding tert-OH is 1. The molecule has 0 radical (unpaired) electrons. The highest BCUT2D eigenvalue weighted by atomic mass is 16.2. The first-order valence-electron chi connectivity index (χ1n) is 7.59. The van der Waals surface area contributed by atoms with Crippen LogP contribution in [0.3, 0.4) is 0 Å². The van der Waals surface area contributed by atoms with Crippen LogP contribution < -0.4 is 5.32 Å². The third kappa shape index (κ3) is 4.09. The number of nitrogens with one attached hydrogen (secondary N) is 1. The molecule has 112 valence electrons. The fourth-order valence-electron chi connectivity index (χ4n) is 2.31. The minimum atomic E-state index is -0.0278. The average Bonchev–Trinajstić information content (AvgIpc) is 3.27. The van der Waals surface area contributed by atoms with Crippen LogP contribution in [0.1, 0.15) is 54.1 Å². The van der Waals surface area contributed by atoms with Gasteiger partial charge in [0.05, 0.1) is 6.61 Å². The molecule has 21 heavy (non-hydrogen) atoms. The van der Waals surface area contributed by atoms with E-state index in [0.717, 1.165) is 24.1 Å². The second kappa shape index (κ2) is 6.78. The molecular formula is C18H23NO2. The Morgan fingerprint density at radius 1 is 1.43 bits per heavy atom. The molecule has 1 fully saturated rings. The van der Waals surface area contributed by atoms with Crippen LogP contribution in [0.4, 0.5) is 0 Å². The van der Waals surface area contributed by atoms with Gasteiger partial charge in [-0.3, -0.25) is 4.79 Å². The first-order valence-corrected chi connectivity index (χ1v) is 7.59. The summed E-state index contributed by atoms with van der Waals surface area (Å²) >= 11 is 0.